The van der Waals surface area contributed by atoms with E-state index in [0.29, 0.717) is 23.2 Å². The quantitative estimate of drug-likeness (QED) is 0.846. The van der Waals surface area contributed by atoms with Gasteiger partial charge in [-0.05, 0) is 13.0 Å². The second-order valence-corrected chi connectivity index (χ2v) is 4.62. The lowest BCUT2D eigenvalue weighted by molar-refractivity contribution is -0.120. The van der Waals surface area contributed by atoms with Gasteiger partial charge in [-0.3, -0.25) is 4.79 Å². The lowest BCUT2D eigenvalue weighted by Crippen LogP contribution is -2.25. The number of carbonyl (C=O) groups excluding carboxylic acids is 1. The molecule has 2 aromatic heterocycles. The summed E-state index contributed by atoms with van der Waals surface area (Å²) >= 11 is 1.33. The number of nitrogens with two attached hydrogens (primary N) is 1. The van der Waals surface area contributed by atoms with Crippen LogP contribution in [0.5, 0.6) is 0 Å². The molecule has 0 aliphatic heterocycles. The minimum atomic E-state index is -0.100. The van der Waals surface area contributed by atoms with Crippen LogP contribution in [0, 0.1) is 6.92 Å². The van der Waals surface area contributed by atoms with Crippen LogP contribution in [-0.4, -0.2) is 20.9 Å². The van der Waals surface area contributed by atoms with Crippen LogP contribution < -0.4 is 11.1 Å². The molecule has 2 aromatic rings. The number of amides is 1. The molecular weight excluding hydrogens is 250 g/mol. The van der Waals surface area contributed by atoms with Gasteiger partial charge < -0.3 is 11.1 Å². The van der Waals surface area contributed by atoms with Gasteiger partial charge in [0.15, 0.2) is 5.13 Å². The van der Waals surface area contributed by atoms with Gasteiger partial charge in [0.25, 0.3) is 0 Å². The third-order valence-electron chi connectivity index (χ3n) is 2.21. The van der Waals surface area contributed by atoms with Gasteiger partial charge in [0.2, 0.25) is 5.91 Å². The van der Waals surface area contributed by atoms with Gasteiger partial charge >= 0.3 is 0 Å². The number of nitrogens with one attached hydrogen (secondary N) is 1. The van der Waals surface area contributed by atoms with E-state index in [4.69, 9.17) is 5.73 Å². The Morgan fingerprint density at radius 1 is 1.44 bits per heavy atom. The van der Waals surface area contributed by atoms with Crippen LogP contribution in [0.1, 0.15) is 17.2 Å². The summed E-state index contributed by atoms with van der Waals surface area (Å²) in [5, 5.41) is 5.04. The number of rotatable bonds is 4. The van der Waals surface area contributed by atoms with E-state index in [0.717, 1.165) is 5.69 Å². The number of nitrogens with zero attached hydrogens (tertiary/aromatic N) is 3. The van der Waals surface area contributed by atoms with E-state index < -0.39 is 0 Å². The average molecular weight is 263 g/mol. The predicted octanol–water partition coefficient (Wildman–Crippen LogP) is 0.683. The first-order valence-electron chi connectivity index (χ1n) is 5.38. The molecule has 1 amide bonds. The molecule has 6 nitrogen and oxygen atoms in total. The summed E-state index contributed by atoms with van der Waals surface area (Å²) in [6, 6.07) is 1.77. The van der Waals surface area contributed by atoms with Crippen molar-refractivity contribution in [2.24, 2.45) is 0 Å². The average Bonchev–Trinajstić information content (AvgIpc) is 2.72. The highest BCUT2D eigenvalue weighted by Crippen LogP contribution is 2.11. The molecular formula is C11H13N5OS. The Kier molecular flexibility index (Phi) is 3.83. The summed E-state index contributed by atoms with van der Waals surface area (Å²) in [4.78, 5) is 23.9. The Labute approximate surface area is 108 Å². The first-order valence-corrected chi connectivity index (χ1v) is 6.26. The van der Waals surface area contributed by atoms with Gasteiger partial charge in [-0.25, -0.2) is 15.0 Å². The molecule has 2 rings (SSSR count). The molecule has 0 unspecified atom stereocenters. The Hall–Kier alpha value is -2.02. The van der Waals surface area contributed by atoms with E-state index >= 15 is 0 Å². The Morgan fingerprint density at radius 3 is 2.94 bits per heavy atom. The molecule has 0 bridgehead atoms. The van der Waals surface area contributed by atoms with Crippen molar-refractivity contribution in [3.05, 3.63) is 34.9 Å². The maximum absolute atomic E-state index is 11.6. The zero-order valence-electron chi connectivity index (χ0n) is 9.88. The van der Waals surface area contributed by atoms with Crippen molar-refractivity contribution in [1.82, 2.24) is 20.3 Å². The van der Waals surface area contributed by atoms with Gasteiger partial charge in [-0.15, -0.1) is 11.3 Å². The van der Waals surface area contributed by atoms with Crippen LogP contribution in [0.4, 0.5) is 5.13 Å². The van der Waals surface area contributed by atoms with Crippen molar-refractivity contribution in [2.45, 2.75) is 19.9 Å². The van der Waals surface area contributed by atoms with Crippen molar-refractivity contribution < 1.29 is 4.79 Å². The highest BCUT2D eigenvalue weighted by atomic mass is 32.1. The number of aromatic nitrogens is 3. The molecule has 0 aromatic carbocycles. The van der Waals surface area contributed by atoms with Crippen molar-refractivity contribution in [3.63, 3.8) is 0 Å². The summed E-state index contributed by atoms with van der Waals surface area (Å²) in [5.74, 6) is 0.589. The number of anilines is 1. The van der Waals surface area contributed by atoms with Gasteiger partial charge in [-0.1, -0.05) is 0 Å². The summed E-state index contributed by atoms with van der Waals surface area (Å²) in [7, 11) is 0. The normalized spacial score (nSPS) is 10.3. The molecule has 0 atom stereocenters. The van der Waals surface area contributed by atoms with Gasteiger partial charge in [-0.2, -0.15) is 0 Å². The molecule has 94 valence electrons. The van der Waals surface area contributed by atoms with Gasteiger partial charge in [0, 0.05) is 11.6 Å². The number of hydrogen-bond donors (Lipinski definition) is 2. The monoisotopic (exact) mass is 263 g/mol. The Balaban J connectivity index is 1.85. The molecule has 18 heavy (non-hydrogen) atoms. The predicted molar refractivity (Wildman–Crippen MR) is 68.8 cm³/mol. The van der Waals surface area contributed by atoms with Crippen LogP contribution in [0.25, 0.3) is 0 Å². The minimum absolute atomic E-state index is 0.100. The molecule has 0 saturated heterocycles. The van der Waals surface area contributed by atoms with Crippen molar-refractivity contribution in [2.75, 3.05) is 5.73 Å². The van der Waals surface area contributed by atoms with E-state index in [2.05, 4.69) is 20.3 Å². The van der Waals surface area contributed by atoms with Crippen LogP contribution in [0.2, 0.25) is 0 Å². The summed E-state index contributed by atoms with van der Waals surface area (Å²) in [6.45, 7) is 2.20. The smallest absolute Gasteiger partial charge is 0.226 e. The Morgan fingerprint density at radius 2 is 2.28 bits per heavy atom. The van der Waals surface area contributed by atoms with Crippen LogP contribution in [-0.2, 0) is 17.8 Å². The number of nitrogen functional groups attached to an aromatic ring is 1. The largest absolute Gasteiger partial charge is 0.375 e. The molecule has 0 aliphatic carbocycles. The standard InChI is InChI=1S/C11H13N5OS/c1-7-13-3-2-8(15-7)5-14-10(17)4-9-6-18-11(12)16-9/h2-3,6H,4-5H2,1H3,(H2,12,16)(H,14,17). The van der Waals surface area contributed by atoms with Crippen molar-refractivity contribution in [1.29, 1.82) is 0 Å². The maximum atomic E-state index is 11.6. The first kappa shape index (κ1) is 12.4. The number of aryl methyl sites for hydroxylation is 1. The van der Waals surface area contributed by atoms with Crippen LogP contribution >= 0.6 is 11.3 Å². The van der Waals surface area contributed by atoms with E-state index in [9.17, 15) is 4.79 Å². The topological polar surface area (TPSA) is 93.8 Å². The fraction of sp³-hybridized carbons (Fsp3) is 0.273. The summed E-state index contributed by atoms with van der Waals surface area (Å²) in [6.07, 6.45) is 1.91. The molecule has 2 heterocycles. The van der Waals surface area contributed by atoms with E-state index in [1.807, 2.05) is 6.92 Å². The van der Waals surface area contributed by atoms with Crippen LogP contribution in [0.15, 0.2) is 17.6 Å². The summed E-state index contributed by atoms with van der Waals surface area (Å²) in [5.41, 5.74) is 6.97. The van der Waals surface area contributed by atoms with Crippen molar-refractivity contribution >= 4 is 22.4 Å². The lowest BCUT2D eigenvalue weighted by atomic mass is 10.3. The molecule has 0 saturated carbocycles. The second kappa shape index (κ2) is 5.54. The molecule has 0 aliphatic rings. The highest BCUT2D eigenvalue weighted by Gasteiger charge is 2.06. The fourth-order valence-corrected chi connectivity index (χ4v) is 1.99. The van der Waals surface area contributed by atoms with E-state index in [1.165, 1.54) is 11.3 Å². The number of thiazole rings is 1. The molecule has 0 spiro atoms. The van der Waals surface area contributed by atoms with E-state index in [-0.39, 0.29) is 12.3 Å². The highest BCUT2D eigenvalue weighted by molar-refractivity contribution is 7.13. The lowest BCUT2D eigenvalue weighted by Gasteiger charge is -2.03. The zero-order chi connectivity index (χ0) is 13.0. The first-order chi connectivity index (χ1) is 8.63. The van der Waals surface area contributed by atoms with Gasteiger partial charge in [0.1, 0.15) is 5.82 Å². The molecule has 0 radical (unpaired) electrons. The maximum Gasteiger partial charge on any atom is 0.226 e. The summed E-state index contributed by atoms with van der Waals surface area (Å²) < 4.78 is 0. The van der Waals surface area contributed by atoms with Gasteiger partial charge in [0.05, 0.1) is 24.4 Å². The minimum Gasteiger partial charge on any atom is -0.375 e. The zero-order valence-corrected chi connectivity index (χ0v) is 10.7. The third kappa shape index (κ3) is 3.49. The van der Waals surface area contributed by atoms with Crippen molar-refractivity contribution in [3.8, 4) is 0 Å². The SMILES string of the molecule is Cc1nccc(CNC(=O)Cc2csc(N)n2)n1. The van der Waals surface area contributed by atoms with E-state index in [1.54, 1.807) is 17.6 Å². The van der Waals surface area contributed by atoms with Crippen LogP contribution in [0.3, 0.4) is 0 Å². The number of carbonyl (C=O) groups is 1. The Bertz CT molecular complexity index is 554. The molecule has 0 fully saturated rings. The molecule has 3 N–H and O–H groups in total. The second-order valence-electron chi connectivity index (χ2n) is 3.73. The number of hydrogen-bond acceptors (Lipinski definition) is 6. The third-order valence-corrected chi connectivity index (χ3v) is 2.93. The fourth-order valence-electron chi connectivity index (χ4n) is 1.42. The molecule has 7 heteroatoms.